The van der Waals surface area contributed by atoms with Crippen LogP contribution in [0, 0.1) is 11.8 Å². The molecule has 18 heavy (non-hydrogen) atoms. The quantitative estimate of drug-likeness (QED) is 0.791. The van der Waals surface area contributed by atoms with Gasteiger partial charge in [0.25, 0.3) is 0 Å². The summed E-state index contributed by atoms with van der Waals surface area (Å²) in [4.78, 5) is 12.2. The third kappa shape index (κ3) is 3.71. The van der Waals surface area contributed by atoms with Crippen LogP contribution in [0.1, 0.15) is 64.2 Å². The van der Waals surface area contributed by atoms with E-state index in [9.17, 15) is 9.90 Å². The van der Waals surface area contributed by atoms with E-state index < -0.39 is 0 Å². The number of hydrogen-bond donors (Lipinski definition) is 2. The lowest BCUT2D eigenvalue weighted by atomic mass is 9.82. The summed E-state index contributed by atoms with van der Waals surface area (Å²) in [7, 11) is 0. The first-order valence-corrected chi connectivity index (χ1v) is 7.72. The molecule has 1 amide bonds. The van der Waals surface area contributed by atoms with Gasteiger partial charge in [0.15, 0.2) is 0 Å². The number of carbonyl (C=O) groups is 1. The van der Waals surface area contributed by atoms with Gasteiger partial charge >= 0.3 is 0 Å². The molecule has 2 aliphatic rings. The van der Waals surface area contributed by atoms with Crippen molar-refractivity contribution in [1.29, 1.82) is 0 Å². The number of nitrogens with one attached hydrogen (secondary N) is 1. The normalized spacial score (nSPS) is 24.1. The zero-order valence-corrected chi connectivity index (χ0v) is 11.4. The highest BCUT2D eigenvalue weighted by Crippen LogP contribution is 2.29. The Labute approximate surface area is 110 Å². The molecule has 2 saturated carbocycles. The van der Waals surface area contributed by atoms with E-state index in [0.717, 1.165) is 19.3 Å². The molecule has 0 radical (unpaired) electrons. The number of amides is 1. The Hall–Kier alpha value is -0.570. The highest BCUT2D eigenvalue weighted by molar-refractivity contribution is 5.79. The van der Waals surface area contributed by atoms with Gasteiger partial charge in [0, 0.05) is 18.6 Å². The van der Waals surface area contributed by atoms with Crippen molar-refractivity contribution in [2.45, 2.75) is 70.3 Å². The highest BCUT2D eigenvalue weighted by atomic mass is 16.3. The van der Waals surface area contributed by atoms with Crippen molar-refractivity contribution in [1.82, 2.24) is 5.32 Å². The smallest absolute Gasteiger partial charge is 0.223 e. The lowest BCUT2D eigenvalue weighted by Gasteiger charge is -2.31. The van der Waals surface area contributed by atoms with Gasteiger partial charge in [-0.15, -0.1) is 0 Å². The van der Waals surface area contributed by atoms with Crippen molar-refractivity contribution in [3.8, 4) is 0 Å². The summed E-state index contributed by atoms with van der Waals surface area (Å²) in [5.41, 5.74) is 0. The second-order valence-corrected chi connectivity index (χ2v) is 6.01. The Morgan fingerprint density at radius 3 is 2.28 bits per heavy atom. The minimum Gasteiger partial charge on any atom is -0.396 e. The largest absolute Gasteiger partial charge is 0.396 e. The van der Waals surface area contributed by atoms with Crippen LogP contribution in [-0.2, 0) is 4.79 Å². The summed E-state index contributed by atoms with van der Waals surface area (Å²) in [6, 6.07) is 0.211. The Morgan fingerprint density at radius 2 is 1.67 bits per heavy atom. The second-order valence-electron chi connectivity index (χ2n) is 6.01. The molecule has 104 valence electrons. The van der Waals surface area contributed by atoms with E-state index in [1.807, 2.05) is 0 Å². The third-order valence-corrected chi connectivity index (χ3v) is 4.71. The SMILES string of the molecule is O=C(NC(CCO)C1CCCCC1)C1CCCC1. The fourth-order valence-electron chi connectivity index (χ4n) is 3.59. The minimum absolute atomic E-state index is 0.187. The molecule has 0 aliphatic heterocycles. The molecule has 0 saturated heterocycles. The number of hydrogen-bond acceptors (Lipinski definition) is 2. The van der Waals surface area contributed by atoms with E-state index in [-0.39, 0.29) is 24.5 Å². The van der Waals surface area contributed by atoms with E-state index in [1.54, 1.807) is 0 Å². The maximum atomic E-state index is 12.2. The molecule has 0 heterocycles. The van der Waals surface area contributed by atoms with E-state index in [1.165, 1.54) is 44.9 Å². The molecule has 1 atom stereocenters. The number of rotatable bonds is 5. The first-order chi connectivity index (χ1) is 8.81. The summed E-state index contributed by atoms with van der Waals surface area (Å²) in [5, 5.41) is 12.4. The van der Waals surface area contributed by atoms with Gasteiger partial charge in [-0.3, -0.25) is 4.79 Å². The third-order valence-electron chi connectivity index (χ3n) is 4.71. The maximum absolute atomic E-state index is 12.2. The maximum Gasteiger partial charge on any atom is 0.223 e. The van der Waals surface area contributed by atoms with Crippen molar-refractivity contribution >= 4 is 5.91 Å². The molecule has 0 spiro atoms. The fourth-order valence-corrected chi connectivity index (χ4v) is 3.59. The molecule has 0 aromatic heterocycles. The van der Waals surface area contributed by atoms with Crippen LogP contribution in [0.15, 0.2) is 0 Å². The van der Waals surface area contributed by atoms with Gasteiger partial charge < -0.3 is 10.4 Å². The molecule has 3 nitrogen and oxygen atoms in total. The zero-order chi connectivity index (χ0) is 12.8. The Kier molecular flexibility index (Phi) is 5.48. The van der Waals surface area contributed by atoms with Gasteiger partial charge in [-0.2, -0.15) is 0 Å². The van der Waals surface area contributed by atoms with Crippen LogP contribution in [0.2, 0.25) is 0 Å². The van der Waals surface area contributed by atoms with Crippen molar-refractivity contribution < 1.29 is 9.90 Å². The van der Waals surface area contributed by atoms with E-state index in [2.05, 4.69) is 5.32 Å². The molecule has 1 unspecified atom stereocenters. The molecular weight excluding hydrogens is 226 g/mol. The molecule has 2 rings (SSSR count). The Balaban J connectivity index is 1.85. The van der Waals surface area contributed by atoms with Gasteiger partial charge in [-0.05, 0) is 38.0 Å². The van der Waals surface area contributed by atoms with Crippen molar-refractivity contribution in [3.05, 3.63) is 0 Å². The summed E-state index contributed by atoms with van der Waals surface area (Å²) >= 11 is 0. The van der Waals surface area contributed by atoms with Crippen LogP contribution in [0.25, 0.3) is 0 Å². The highest BCUT2D eigenvalue weighted by Gasteiger charge is 2.28. The van der Waals surface area contributed by atoms with Crippen LogP contribution >= 0.6 is 0 Å². The molecule has 0 bridgehead atoms. The van der Waals surface area contributed by atoms with Crippen LogP contribution in [-0.4, -0.2) is 23.7 Å². The van der Waals surface area contributed by atoms with Crippen molar-refractivity contribution in [2.24, 2.45) is 11.8 Å². The molecule has 3 heteroatoms. The second kappa shape index (κ2) is 7.13. The van der Waals surface area contributed by atoms with Gasteiger partial charge in [0.05, 0.1) is 0 Å². The molecule has 0 aromatic carbocycles. The van der Waals surface area contributed by atoms with Crippen LogP contribution in [0.5, 0.6) is 0 Å². The van der Waals surface area contributed by atoms with Gasteiger partial charge in [0.1, 0.15) is 0 Å². The molecule has 2 aliphatic carbocycles. The van der Waals surface area contributed by atoms with Crippen LogP contribution < -0.4 is 5.32 Å². The molecular formula is C15H27NO2. The monoisotopic (exact) mass is 253 g/mol. The average Bonchev–Trinajstić information content (AvgIpc) is 2.93. The van der Waals surface area contributed by atoms with Crippen LogP contribution in [0.3, 0.4) is 0 Å². The van der Waals surface area contributed by atoms with E-state index >= 15 is 0 Å². The predicted octanol–water partition coefficient (Wildman–Crippen LogP) is 2.62. The lowest BCUT2D eigenvalue weighted by Crippen LogP contribution is -2.43. The molecule has 0 aromatic rings. The minimum atomic E-state index is 0.187. The lowest BCUT2D eigenvalue weighted by molar-refractivity contribution is -0.126. The summed E-state index contributed by atoms with van der Waals surface area (Å²) in [5.74, 6) is 1.09. The first kappa shape index (κ1) is 13.9. The molecule has 2 N–H and O–H groups in total. The van der Waals surface area contributed by atoms with Crippen LogP contribution in [0.4, 0.5) is 0 Å². The van der Waals surface area contributed by atoms with Gasteiger partial charge in [-0.1, -0.05) is 32.1 Å². The number of aliphatic hydroxyl groups excluding tert-OH is 1. The number of aliphatic hydroxyl groups is 1. The van der Waals surface area contributed by atoms with Gasteiger partial charge in [0.2, 0.25) is 5.91 Å². The first-order valence-electron chi connectivity index (χ1n) is 7.72. The molecule has 2 fully saturated rings. The Morgan fingerprint density at radius 1 is 1.06 bits per heavy atom. The standard InChI is InChI=1S/C15H27NO2/c17-11-10-14(12-6-2-1-3-7-12)16-15(18)13-8-4-5-9-13/h12-14,17H,1-11H2,(H,16,18). The summed E-state index contributed by atoms with van der Waals surface area (Å²) in [6.07, 6.45) is 11.6. The summed E-state index contributed by atoms with van der Waals surface area (Å²) < 4.78 is 0. The zero-order valence-electron chi connectivity index (χ0n) is 11.4. The Bertz CT molecular complexity index is 255. The predicted molar refractivity (Wildman–Crippen MR) is 72.2 cm³/mol. The number of carbonyl (C=O) groups excluding carboxylic acids is 1. The fraction of sp³-hybridized carbons (Fsp3) is 0.933. The van der Waals surface area contributed by atoms with Crippen molar-refractivity contribution in [2.75, 3.05) is 6.61 Å². The average molecular weight is 253 g/mol. The van der Waals surface area contributed by atoms with E-state index in [4.69, 9.17) is 0 Å². The van der Waals surface area contributed by atoms with Gasteiger partial charge in [-0.25, -0.2) is 0 Å². The van der Waals surface area contributed by atoms with E-state index in [0.29, 0.717) is 5.92 Å². The summed E-state index contributed by atoms with van der Waals surface area (Å²) in [6.45, 7) is 0.187. The topological polar surface area (TPSA) is 49.3 Å². The van der Waals surface area contributed by atoms with Crippen molar-refractivity contribution in [3.63, 3.8) is 0 Å².